The van der Waals surface area contributed by atoms with Gasteiger partial charge in [-0.3, -0.25) is 15.0 Å². The minimum absolute atomic E-state index is 0.0855. The van der Waals surface area contributed by atoms with Crippen LogP contribution >= 0.6 is 12.2 Å². The molecule has 1 atom stereocenters. The Morgan fingerprint density at radius 2 is 2.04 bits per heavy atom. The summed E-state index contributed by atoms with van der Waals surface area (Å²) in [5, 5.41) is 0.413. The molecule has 0 fully saturated rings. The van der Waals surface area contributed by atoms with E-state index in [4.69, 9.17) is 26.4 Å². The van der Waals surface area contributed by atoms with Crippen LogP contribution in [0.1, 0.15) is 6.92 Å². The lowest BCUT2D eigenvalue weighted by atomic mass is 10.2. The maximum absolute atomic E-state index is 12.6. The van der Waals surface area contributed by atoms with Gasteiger partial charge in [0, 0.05) is 6.07 Å². The van der Waals surface area contributed by atoms with Gasteiger partial charge in [-0.2, -0.15) is 4.68 Å². The smallest absolute Gasteiger partial charge is 0.281 e. The number of para-hydroxylation sites is 1. The first-order chi connectivity index (χ1) is 13.0. The molecule has 1 amide bonds. The predicted octanol–water partition coefficient (Wildman–Crippen LogP) is 2.33. The fourth-order valence-electron chi connectivity index (χ4n) is 2.67. The number of aromatic amines is 1. The van der Waals surface area contributed by atoms with Crippen LogP contribution < -0.4 is 25.2 Å². The van der Waals surface area contributed by atoms with Crippen LogP contribution in [0.15, 0.2) is 47.3 Å². The molecule has 2 N–H and O–H groups in total. The molecule has 138 valence electrons. The van der Waals surface area contributed by atoms with Crippen molar-refractivity contribution in [2.24, 2.45) is 0 Å². The zero-order valence-electron chi connectivity index (χ0n) is 14.2. The first-order valence-corrected chi connectivity index (χ1v) is 8.55. The summed E-state index contributed by atoms with van der Waals surface area (Å²) in [5.41, 5.74) is 2.67. The Kier molecular flexibility index (Phi) is 4.28. The molecule has 9 heteroatoms. The number of carbonyl (C=O) groups excluding carboxylic acids is 1. The number of nitrogens with one attached hydrogen (secondary N) is 2. The van der Waals surface area contributed by atoms with E-state index in [2.05, 4.69) is 10.4 Å². The fourth-order valence-corrected chi connectivity index (χ4v) is 2.91. The number of H-pyrrole nitrogens is 1. The number of fused-ring (bicyclic) bond motifs is 2. The van der Waals surface area contributed by atoms with E-state index in [1.54, 1.807) is 49.4 Å². The van der Waals surface area contributed by atoms with Gasteiger partial charge < -0.3 is 19.2 Å². The Morgan fingerprint density at radius 1 is 1.26 bits per heavy atom. The van der Waals surface area contributed by atoms with Gasteiger partial charge in [-0.15, -0.1) is 0 Å². The number of ether oxygens (including phenoxy) is 3. The monoisotopic (exact) mass is 385 g/mol. The molecule has 0 unspecified atom stereocenters. The van der Waals surface area contributed by atoms with E-state index in [0.717, 1.165) is 4.68 Å². The summed E-state index contributed by atoms with van der Waals surface area (Å²) < 4.78 is 17.2. The lowest BCUT2D eigenvalue weighted by Crippen LogP contribution is -2.40. The number of rotatable bonds is 4. The van der Waals surface area contributed by atoms with Gasteiger partial charge in [0.2, 0.25) is 6.79 Å². The third-order valence-corrected chi connectivity index (χ3v) is 4.34. The van der Waals surface area contributed by atoms with Crippen molar-refractivity contribution in [3.63, 3.8) is 0 Å². The quantitative estimate of drug-likeness (QED) is 0.670. The molecule has 3 aromatic rings. The Hall–Kier alpha value is -3.33. The molecular weight excluding hydrogens is 370 g/mol. The summed E-state index contributed by atoms with van der Waals surface area (Å²) >= 11 is 5.18. The second-order valence-electron chi connectivity index (χ2n) is 5.87. The lowest BCUT2D eigenvalue weighted by Gasteiger charge is -2.16. The van der Waals surface area contributed by atoms with Crippen LogP contribution in [0.2, 0.25) is 0 Å². The van der Waals surface area contributed by atoms with E-state index < -0.39 is 17.6 Å². The highest BCUT2D eigenvalue weighted by molar-refractivity contribution is 7.71. The highest BCUT2D eigenvalue weighted by Crippen LogP contribution is 2.35. The third-order valence-electron chi connectivity index (χ3n) is 4.05. The summed E-state index contributed by atoms with van der Waals surface area (Å²) in [6.45, 7) is 1.72. The van der Waals surface area contributed by atoms with Gasteiger partial charge in [-0.25, -0.2) is 0 Å². The molecule has 2 heterocycles. The zero-order valence-corrected chi connectivity index (χ0v) is 15.0. The molecule has 0 bridgehead atoms. The van der Waals surface area contributed by atoms with Crippen molar-refractivity contribution in [2.75, 3.05) is 12.2 Å². The van der Waals surface area contributed by atoms with E-state index in [1.165, 1.54) is 0 Å². The number of aromatic nitrogens is 2. The molecule has 1 aliphatic rings. The largest absolute Gasteiger partial charge is 0.481 e. The molecule has 0 aliphatic carbocycles. The van der Waals surface area contributed by atoms with Crippen LogP contribution in [0.5, 0.6) is 17.2 Å². The van der Waals surface area contributed by atoms with E-state index in [-0.39, 0.29) is 11.6 Å². The van der Waals surface area contributed by atoms with Gasteiger partial charge in [0.05, 0.1) is 10.9 Å². The molecule has 0 saturated carbocycles. The molecule has 0 saturated heterocycles. The standard InChI is InChI=1S/C18H15N3O5S/c1-10(26-11-6-7-14-15(8-11)25-9-24-14)16(22)20-21-17(23)12-4-2-3-5-13(12)19-18(21)27/h2-8,10H,9H2,1H3,(H,19,27)(H,20,22)/t10-/m0/s1. The molecule has 0 spiro atoms. The Morgan fingerprint density at radius 3 is 2.89 bits per heavy atom. The first kappa shape index (κ1) is 17.1. The van der Waals surface area contributed by atoms with Crippen LogP contribution in [0.4, 0.5) is 0 Å². The highest BCUT2D eigenvalue weighted by Gasteiger charge is 2.19. The normalized spacial score (nSPS) is 13.4. The van der Waals surface area contributed by atoms with Gasteiger partial charge in [0.25, 0.3) is 11.5 Å². The topological polar surface area (TPSA) is 94.6 Å². The lowest BCUT2D eigenvalue weighted by molar-refractivity contribution is -0.123. The number of carbonyl (C=O) groups is 1. The molecule has 2 aromatic carbocycles. The molecule has 4 rings (SSSR count). The number of nitrogens with zero attached hydrogens (tertiary/aromatic N) is 1. The van der Waals surface area contributed by atoms with E-state index >= 15 is 0 Å². The second kappa shape index (κ2) is 6.76. The van der Waals surface area contributed by atoms with E-state index in [9.17, 15) is 9.59 Å². The van der Waals surface area contributed by atoms with Gasteiger partial charge in [-0.05, 0) is 43.4 Å². The maximum Gasteiger partial charge on any atom is 0.281 e. The summed E-state index contributed by atoms with van der Waals surface area (Å²) in [6, 6.07) is 11.9. The average Bonchev–Trinajstić information content (AvgIpc) is 3.12. The Labute approximate surface area is 158 Å². The predicted molar refractivity (Wildman–Crippen MR) is 100 cm³/mol. The van der Waals surface area contributed by atoms with Crippen molar-refractivity contribution in [2.45, 2.75) is 13.0 Å². The van der Waals surface area contributed by atoms with Crippen molar-refractivity contribution in [3.05, 3.63) is 57.6 Å². The molecule has 1 aliphatic heterocycles. The molecule has 27 heavy (non-hydrogen) atoms. The van der Waals surface area contributed by atoms with Crippen molar-refractivity contribution < 1.29 is 19.0 Å². The van der Waals surface area contributed by atoms with Gasteiger partial charge in [0.1, 0.15) is 5.75 Å². The second-order valence-corrected chi connectivity index (χ2v) is 6.25. The molecular formula is C18H15N3O5S. The van der Waals surface area contributed by atoms with Crippen LogP contribution in [0.3, 0.4) is 0 Å². The fraction of sp³-hybridized carbons (Fsp3) is 0.167. The average molecular weight is 385 g/mol. The van der Waals surface area contributed by atoms with E-state index in [0.29, 0.717) is 28.2 Å². The highest BCUT2D eigenvalue weighted by atomic mass is 32.1. The van der Waals surface area contributed by atoms with Crippen molar-refractivity contribution >= 4 is 29.0 Å². The number of benzene rings is 2. The van der Waals surface area contributed by atoms with Crippen LogP contribution in [0, 0.1) is 4.77 Å². The van der Waals surface area contributed by atoms with Crippen LogP contribution in [-0.2, 0) is 4.79 Å². The number of hydrogen-bond acceptors (Lipinski definition) is 6. The van der Waals surface area contributed by atoms with Crippen molar-refractivity contribution in [3.8, 4) is 17.2 Å². The Balaban J connectivity index is 1.54. The van der Waals surface area contributed by atoms with Gasteiger partial charge >= 0.3 is 0 Å². The van der Waals surface area contributed by atoms with Crippen LogP contribution in [-0.4, -0.2) is 28.5 Å². The van der Waals surface area contributed by atoms with Crippen molar-refractivity contribution in [1.82, 2.24) is 9.66 Å². The minimum atomic E-state index is -0.877. The number of amides is 1. The zero-order chi connectivity index (χ0) is 19.0. The summed E-state index contributed by atoms with van der Waals surface area (Å²) in [7, 11) is 0. The summed E-state index contributed by atoms with van der Waals surface area (Å²) in [6.07, 6.45) is -0.877. The van der Waals surface area contributed by atoms with Gasteiger partial charge in [0.15, 0.2) is 22.4 Å². The first-order valence-electron chi connectivity index (χ1n) is 8.14. The maximum atomic E-state index is 12.6. The molecule has 8 nitrogen and oxygen atoms in total. The van der Waals surface area contributed by atoms with E-state index in [1.807, 2.05) is 0 Å². The summed E-state index contributed by atoms with van der Waals surface area (Å²) in [5.74, 6) is 1.09. The molecule has 0 radical (unpaired) electrons. The van der Waals surface area contributed by atoms with Crippen LogP contribution in [0.25, 0.3) is 10.9 Å². The Bertz CT molecular complexity index is 1150. The third kappa shape index (κ3) is 3.24. The summed E-state index contributed by atoms with van der Waals surface area (Å²) in [4.78, 5) is 28.0. The van der Waals surface area contributed by atoms with Gasteiger partial charge in [-0.1, -0.05) is 12.1 Å². The SMILES string of the molecule is C[C@H](Oc1ccc2c(c1)OCO2)C(=O)Nn1c(=S)[nH]c2ccccc2c1=O. The number of hydrogen-bond donors (Lipinski definition) is 2. The minimum Gasteiger partial charge on any atom is -0.481 e. The molecule has 1 aromatic heterocycles. The van der Waals surface area contributed by atoms with Crippen molar-refractivity contribution in [1.29, 1.82) is 0 Å².